The van der Waals surface area contributed by atoms with Gasteiger partial charge in [0.05, 0.1) is 6.07 Å². The average molecular weight is 163 g/mol. The van der Waals surface area contributed by atoms with Crippen molar-refractivity contribution in [3.63, 3.8) is 0 Å². The Bertz CT molecular complexity index is 236. The van der Waals surface area contributed by atoms with Crippen LogP contribution in [0.1, 0.15) is 6.92 Å². The molecule has 0 spiro atoms. The van der Waals surface area contributed by atoms with E-state index in [2.05, 4.69) is 4.98 Å². The van der Waals surface area contributed by atoms with Crippen LogP contribution in [-0.4, -0.2) is 19.1 Å². The van der Waals surface area contributed by atoms with Crippen LogP contribution in [0.3, 0.4) is 0 Å². The van der Waals surface area contributed by atoms with Crippen molar-refractivity contribution < 1.29 is 0 Å². The monoisotopic (exact) mass is 163 g/mol. The number of hydrogen-bond donors (Lipinski definition) is 0. The molecule has 0 radical (unpaired) electrons. The summed E-state index contributed by atoms with van der Waals surface area (Å²) in [4.78, 5) is 5.94. The maximum absolute atomic E-state index is 7.32. The highest BCUT2D eigenvalue weighted by molar-refractivity contribution is 5.42. The zero-order valence-corrected chi connectivity index (χ0v) is 7.65. The molecule has 3 heteroatoms. The molecular weight excluding hydrogens is 150 g/mol. The maximum Gasteiger partial charge on any atom is 0.0587 e. The quantitative estimate of drug-likeness (QED) is 0.632. The summed E-state index contributed by atoms with van der Waals surface area (Å²) in [6.07, 6.45) is 3.57. The molecule has 0 N–H and O–H groups in total. The minimum Gasteiger partial charge on any atom is -0.378 e. The normalized spacial score (nSPS) is 7.50. The molecule has 0 aliphatic rings. The predicted molar refractivity (Wildman–Crippen MR) is 49.9 cm³/mol. The zero-order valence-electron chi connectivity index (χ0n) is 7.65. The molecule has 1 rings (SSSR count). The van der Waals surface area contributed by atoms with E-state index in [-0.39, 0.29) is 0 Å². The molecule has 0 atom stereocenters. The Morgan fingerprint density at radius 1 is 1.33 bits per heavy atom. The van der Waals surface area contributed by atoms with E-state index in [0.717, 1.165) is 0 Å². The van der Waals surface area contributed by atoms with Crippen LogP contribution in [0.15, 0.2) is 24.5 Å². The van der Waals surface area contributed by atoms with Gasteiger partial charge in [-0.1, -0.05) is 0 Å². The summed E-state index contributed by atoms with van der Waals surface area (Å²) in [5, 5.41) is 7.32. The highest BCUT2D eigenvalue weighted by atomic mass is 15.1. The Hall–Kier alpha value is -1.56. The molecule has 0 saturated heterocycles. The SMILES string of the molecule is CC#N.CN(C)c1ccncc1. The summed E-state index contributed by atoms with van der Waals surface area (Å²) in [7, 11) is 4.02. The average Bonchev–Trinajstić information content (AvgIpc) is 2.07. The predicted octanol–water partition coefficient (Wildman–Crippen LogP) is 1.68. The van der Waals surface area contributed by atoms with Crippen molar-refractivity contribution in [3.8, 4) is 6.07 Å². The molecule has 0 aromatic carbocycles. The van der Waals surface area contributed by atoms with E-state index >= 15 is 0 Å². The molecule has 0 aliphatic carbocycles. The van der Waals surface area contributed by atoms with Gasteiger partial charge in [-0.05, 0) is 12.1 Å². The van der Waals surface area contributed by atoms with Crippen LogP contribution in [0.25, 0.3) is 0 Å². The first-order chi connectivity index (χ1) is 5.72. The molecule has 1 aromatic heterocycles. The van der Waals surface area contributed by atoms with Crippen LogP contribution in [0.4, 0.5) is 5.69 Å². The fraction of sp³-hybridized carbons (Fsp3) is 0.333. The van der Waals surface area contributed by atoms with Gasteiger partial charge in [0.15, 0.2) is 0 Å². The van der Waals surface area contributed by atoms with Gasteiger partial charge in [0, 0.05) is 39.1 Å². The van der Waals surface area contributed by atoms with Crippen LogP contribution in [0.2, 0.25) is 0 Å². The Morgan fingerprint density at radius 3 is 2.00 bits per heavy atom. The van der Waals surface area contributed by atoms with Gasteiger partial charge < -0.3 is 4.90 Å². The molecule has 12 heavy (non-hydrogen) atoms. The van der Waals surface area contributed by atoms with Crippen LogP contribution >= 0.6 is 0 Å². The molecule has 64 valence electrons. The molecule has 0 saturated carbocycles. The summed E-state index contributed by atoms with van der Waals surface area (Å²) in [6, 6.07) is 5.69. The number of rotatable bonds is 1. The van der Waals surface area contributed by atoms with Gasteiger partial charge in [0.1, 0.15) is 0 Å². The third-order valence-electron chi connectivity index (χ3n) is 1.18. The largest absolute Gasteiger partial charge is 0.378 e. The summed E-state index contributed by atoms with van der Waals surface area (Å²) in [5.41, 5.74) is 1.19. The molecule has 0 bridgehead atoms. The highest BCUT2D eigenvalue weighted by Crippen LogP contribution is 2.05. The lowest BCUT2D eigenvalue weighted by molar-refractivity contribution is 1.12. The minimum absolute atomic E-state index is 1.19. The fourth-order valence-corrected chi connectivity index (χ4v) is 0.642. The number of nitrogens with zero attached hydrogens (tertiary/aromatic N) is 3. The van der Waals surface area contributed by atoms with Crippen molar-refractivity contribution in [2.75, 3.05) is 19.0 Å². The van der Waals surface area contributed by atoms with Gasteiger partial charge in [0.2, 0.25) is 0 Å². The van der Waals surface area contributed by atoms with Crippen molar-refractivity contribution in [2.45, 2.75) is 6.92 Å². The molecule has 0 unspecified atom stereocenters. The van der Waals surface area contributed by atoms with Crippen molar-refractivity contribution in [2.24, 2.45) is 0 Å². The van der Waals surface area contributed by atoms with E-state index < -0.39 is 0 Å². The molecule has 0 fully saturated rings. The maximum atomic E-state index is 7.32. The third-order valence-corrected chi connectivity index (χ3v) is 1.18. The lowest BCUT2D eigenvalue weighted by Gasteiger charge is -2.10. The highest BCUT2D eigenvalue weighted by Gasteiger charge is 1.88. The lowest BCUT2D eigenvalue weighted by atomic mass is 10.4. The van der Waals surface area contributed by atoms with Gasteiger partial charge in [-0.3, -0.25) is 4.98 Å². The summed E-state index contributed by atoms with van der Waals surface area (Å²) in [5.74, 6) is 0. The zero-order chi connectivity index (χ0) is 9.40. The van der Waals surface area contributed by atoms with Crippen molar-refractivity contribution in [3.05, 3.63) is 24.5 Å². The topological polar surface area (TPSA) is 39.9 Å². The van der Waals surface area contributed by atoms with Crippen LogP contribution in [0.5, 0.6) is 0 Å². The Balaban J connectivity index is 0.000000354. The van der Waals surface area contributed by atoms with Crippen molar-refractivity contribution in [1.29, 1.82) is 5.26 Å². The van der Waals surface area contributed by atoms with E-state index in [0.29, 0.717) is 0 Å². The van der Waals surface area contributed by atoms with Crippen LogP contribution < -0.4 is 4.90 Å². The van der Waals surface area contributed by atoms with E-state index in [1.165, 1.54) is 12.6 Å². The molecule has 1 aromatic rings. The third kappa shape index (κ3) is 4.29. The minimum atomic E-state index is 1.19. The first-order valence-electron chi connectivity index (χ1n) is 3.60. The number of nitriles is 1. The van der Waals surface area contributed by atoms with Crippen LogP contribution in [-0.2, 0) is 0 Å². The Morgan fingerprint density at radius 2 is 1.75 bits per heavy atom. The first kappa shape index (κ1) is 10.4. The van der Waals surface area contributed by atoms with E-state index in [1.807, 2.05) is 31.1 Å². The number of anilines is 1. The van der Waals surface area contributed by atoms with E-state index in [1.54, 1.807) is 18.5 Å². The standard InChI is InChI=1S/C7H10N2.C2H3N/c1-9(2)7-3-5-8-6-4-7;1-2-3/h3-6H,1-2H3;1H3. The number of aromatic nitrogens is 1. The fourth-order valence-electron chi connectivity index (χ4n) is 0.642. The van der Waals surface area contributed by atoms with Crippen molar-refractivity contribution in [1.82, 2.24) is 4.98 Å². The summed E-state index contributed by atoms with van der Waals surface area (Å²) < 4.78 is 0. The lowest BCUT2D eigenvalue weighted by Crippen LogP contribution is -2.07. The second kappa shape index (κ2) is 6.17. The van der Waals surface area contributed by atoms with Gasteiger partial charge in [-0.25, -0.2) is 0 Å². The second-order valence-corrected chi connectivity index (χ2v) is 2.32. The second-order valence-electron chi connectivity index (χ2n) is 2.32. The van der Waals surface area contributed by atoms with Gasteiger partial charge >= 0.3 is 0 Å². The Kier molecular flexibility index (Phi) is 5.37. The number of pyridine rings is 1. The smallest absolute Gasteiger partial charge is 0.0587 e. The van der Waals surface area contributed by atoms with Crippen LogP contribution in [0, 0.1) is 11.3 Å². The first-order valence-corrected chi connectivity index (χ1v) is 3.60. The van der Waals surface area contributed by atoms with E-state index in [4.69, 9.17) is 5.26 Å². The molecule has 1 heterocycles. The molecule has 0 aliphatic heterocycles. The van der Waals surface area contributed by atoms with Crippen molar-refractivity contribution >= 4 is 5.69 Å². The summed E-state index contributed by atoms with van der Waals surface area (Å²) in [6.45, 7) is 1.43. The van der Waals surface area contributed by atoms with Gasteiger partial charge in [0.25, 0.3) is 0 Å². The molecule has 0 amide bonds. The van der Waals surface area contributed by atoms with E-state index in [9.17, 15) is 0 Å². The Labute approximate surface area is 73.3 Å². The summed E-state index contributed by atoms with van der Waals surface area (Å²) >= 11 is 0. The molecular formula is C9H13N3. The molecule has 3 nitrogen and oxygen atoms in total. The number of hydrogen-bond acceptors (Lipinski definition) is 3. The van der Waals surface area contributed by atoms with Gasteiger partial charge in [-0.15, -0.1) is 0 Å². The van der Waals surface area contributed by atoms with Gasteiger partial charge in [-0.2, -0.15) is 5.26 Å².